The Labute approximate surface area is 187 Å². The van der Waals surface area contributed by atoms with Gasteiger partial charge < -0.3 is 18.6 Å². The first-order valence-corrected chi connectivity index (χ1v) is 10.7. The molecule has 32 heavy (non-hydrogen) atoms. The summed E-state index contributed by atoms with van der Waals surface area (Å²) in [7, 11) is 3.20. The van der Waals surface area contributed by atoms with Crippen LogP contribution in [0.1, 0.15) is 11.3 Å². The number of nitriles is 1. The van der Waals surface area contributed by atoms with Gasteiger partial charge in [-0.05, 0) is 36.2 Å². The van der Waals surface area contributed by atoms with Crippen molar-refractivity contribution >= 4 is 22.9 Å². The van der Waals surface area contributed by atoms with Gasteiger partial charge in [-0.3, -0.25) is 9.89 Å². The lowest BCUT2D eigenvalue weighted by Gasteiger charge is -2.25. The van der Waals surface area contributed by atoms with Gasteiger partial charge >= 0.3 is 0 Å². The van der Waals surface area contributed by atoms with Crippen molar-refractivity contribution in [3.8, 4) is 17.6 Å². The van der Waals surface area contributed by atoms with E-state index in [0.717, 1.165) is 48.7 Å². The van der Waals surface area contributed by atoms with Crippen LogP contribution < -0.4 is 9.47 Å². The van der Waals surface area contributed by atoms with Crippen LogP contribution >= 0.6 is 0 Å². The van der Waals surface area contributed by atoms with Crippen LogP contribution in [0.4, 0.5) is 5.69 Å². The van der Waals surface area contributed by atoms with Gasteiger partial charge in [0.25, 0.3) is 0 Å². The summed E-state index contributed by atoms with van der Waals surface area (Å²) in [6, 6.07) is 15.9. The Morgan fingerprint density at radius 2 is 1.94 bits per heavy atom. The van der Waals surface area contributed by atoms with E-state index in [1.807, 2.05) is 42.5 Å². The number of aliphatic imine (C=N–C) groups is 1. The summed E-state index contributed by atoms with van der Waals surface area (Å²) in [5.41, 5.74) is 2.42. The molecule has 0 radical (unpaired) electrons. The number of ether oxygens (including phenoxy) is 3. The van der Waals surface area contributed by atoms with Crippen LogP contribution in [0.3, 0.4) is 0 Å². The van der Waals surface area contributed by atoms with E-state index in [2.05, 4.69) is 16.0 Å². The summed E-state index contributed by atoms with van der Waals surface area (Å²) < 4.78 is 22.8. The normalized spacial score (nSPS) is 15.7. The van der Waals surface area contributed by atoms with Crippen LogP contribution in [0.25, 0.3) is 11.0 Å². The second kappa shape index (κ2) is 10.3. The molecule has 2 aromatic carbocycles. The number of hydrogen-bond donors (Lipinski definition) is 0. The largest absolute Gasteiger partial charge is 0.493 e. The quantitative estimate of drug-likeness (QED) is 0.491. The van der Waals surface area contributed by atoms with Gasteiger partial charge in [0.1, 0.15) is 5.76 Å². The Morgan fingerprint density at radius 3 is 2.62 bits per heavy atom. The lowest BCUT2D eigenvalue weighted by molar-refractivity contribution is 0.0315. The SMILES string of the molecule is COc1cc(CC(C#N)C=Nc2ccccc2)c2cc(CN3CCOCC3)oc2c1OC. The molecule has 0 bridgehead atoms. The van der Waals surface area contributed by atoms with Crippen molar-refractivity contribution < 1.29 is 18.6 Å². The average molecular weight is 434 g/mol. The summed E-state index contributed by atoms with van der Waals surface area (Å²) in [5, 5.41) is 10.7. The van der Waals surface area contributed by atoms with E-state index < -0.39 is 5.92 Å². The fourth-order valence-electron chi connectivity index (χ4n) is 3.89. The Hall–Kier alpha value is -3.34. The summed E-state index contributed by atoms with van der Waals surface area (Å²) in [4.78, 5) is 6.77. The number of furan rings is 1. The molecule has 1 aromatic heterocycles. The third-order valence-electron chi connectivity index (χ3n) is 5.54. The highest BCUT2D eigenvalue weighted by Crippen LogP contribution is 2.40. The summed E-state index contributed by atoms with van der Waals surface area (Å²) in [6.07, 6.45) is 2.19. The lowest BCUT2D eigenvalue weighted by Crippen LogP contribution is -2.35. The average Bonchev–Trinajstić information content (AvgIpc) is 3.26. The molecule has 0 spiro atoms. The van der Waals surface area contributed by atoms with Gasteiger partial charge in [0.15, 0.2) is 11.3 Å². The Balaban J connectivity index is 1.65. The van der Waals surface area contributed by atoms with Crippen molar-refractivity contribution in [3.63, 3.8) is 0 Å². The van der Waals surface area contributed by atoms with Gasteiger partial charge in [-0.25, -0.2) is 0 Å². The Morgan fingerprint density at radius 1 is 1.16 bits per heavy atom. The molecule has 1 aliphatic heterocycles. The van der Waals surface area contributed by atoms with Gasteiger partial charge in [-0.1, -0.05) is 18.2 Å². The molecule has 1 aliphatic rings. The van der Waals surface area contributed by atoms with Crippen LogP contribution in [0.5, 0.6) is 11.5 Å². The highest BCUT2D eigenvalue weighted by Gasteiger charge is 2.21. The van der Waals surface area contributed by atoms with E-state index in [1.54, 1.807) is 20.4 Å². The van der Waals surface area contributed by atoms with Gasteiger partial charge in [0.2, 0.25) is 5.75 Å². The molecule has 1 atom stereocenters. The first-order chi connectivity index (χ1) is 15.7. The van der Waals surface area contributed by atoms with Crippen molar-refractivity contribution in [1.29, 1.82) is 5.26 Å². The molecular weight excluding hydrogens is 406 g/mol. The minimum atomic E-state index is -0.394. The molecule has 7 heteroatoms. The first-order valence-electron chi connectivity index (χ1n) is 10.7. The Bertz CT molecular complexity index is 1110. The van der Waals surface area contributed by atoms with Crippen LogP contribution in [-0.4, -0.2) is 51.6 Å². The monoisotopic (exact) mass is 433 g/mol. The molecule has 1 unspecified atom stereocenters. The lowest BCUT2D eigenvalue weighted by atomic mass is 9.98. The molecule has 0 N–H and O–H groups in total. The topological polar surface area (TPSA) is 80.2 Å². The number of methoxy groups -OCH3 is 2. The number of benzene rings is 2. The van der Waals surface area contributed by atoms with Gasteiger partial charge in [0, 0.05) is 24.7 Å². The molecular formula is C25H27N3O4. The van der Waals surface area contributed by atoms with E-state index in [-0.39, 0.29) is 0 Å². The van der Waals surface area contributed by atoms with E-state index in [9.17, 15) is 5.26 Å². The van der Waals surface area contributed by atoms with Crippen LogP contribution in [0, 0.1) is 17.2 Å². The van der Waals surface area contributed by atoms with Crippen molar-refractivity contribution in [2.24, 2.45) is 10.9 Å². The van der Waals surface area contributed by atoms with E-state index in [4.69, 9.17) is 18.6 Å². The number of hydrogen-bond acceptors (Lipinski definition) is 7. The standard InChI is InChI=1S/C25H27N3O4/c1-29-23-13-19(12-18(15-26)16-27-20-6-4-3-5-7-20)22-14-21(32-24(22)25(23)30-2)17-28-8-10-31-11-9-28/h3-7,13-14,16,18H,8-12,17H2,1-2H3. The summed E-state index contributed by atoms with van der Waals surface area (Å²) >= 11 is 0. The number of fused-ring (bicyclic) bond motifs is 1. The molecule has 1 saturated heterocycles. The number of nitrogens with zero attached hydrogens (tertiary/aromatic N) is 3. The van der Waals surface area contributed by atoms with Crippen molar-refractivity contribution in [2.75, 3.05) is 40.5 Å². The highest BCUT2D eigenvalue weighted by molar-refractivity contribution is 5.90. The van der Waals surface area contributed by atoms with E-state index in [0.29, 0.717) is 30.0 Å². The van der Waals surface area contributed by atoms with Gasteiger partial charge in [0.05, 0.1) is 51.7 Å². The van der Waals surface area contributed by atoms with Crippen LogP contribution in [0.2, 0.25) is 0 Å². The number of para-hydroxylation sites is 1. The molecule has 2 heterocycles. The zero-order valence-electron chi connectivity index (χ0n) is 18.4. The fourth-order valence-corrected chi connectivity index (χ4v) is 3.89. The second-order valence-corrected chi connectivity index (χ2v) is 7.67. The molecule has 0 aliphatic carbocycles. The maximum atomic E-state index is 9.75. The molecule has 0 amide bonds. The van der Waals surface area contributed by atoms with Crippen molar-refractivity contribution in [1.82, 2.24) is 4.90 Å². The molecule has 1 fully saturated rings. The number of rotatable bonds is 8. The van der Waals surface area contributed by atoms with Gasteiger partial charge in [-0.15, -0.1) is 0 Å². The fraction of sp³-hybridized carbons (Fsp3) is 0.360. The molecule has 3 aromatic rings. The third kappa shape index (κ3) is 4.93. The Kier molecular flexibility index (Phi) is 7.05. The molecule has 7 nitrogen and oxygen atoms in total. The zero-order valence-corrected chi connectivity index (χ0v) is 18.4. The zero-order chi connectivity index (χ0) is 22.3. The number of morpholine rings is 1. The van der Waals surface area contributed by atoms with Crippen LogP contribution in [0.15, 0.2) is 51.9 Å². The van der Waals surface area contributed by atoms with Crippen molar-refractivity contribution in [2.45, 2.75) is 13.0 Å². The molecule has 4 rings (SSSR count). The first kappa shape index (κ1) is 21.9. The van der Waals surface area contributed by atoms with E-state index in [1.165, 1.54) is 0 Å². The predicted octanol–water partition coefficient (Wildman–Crippen LogP) is 4.37. The maximum absolute atomic E-state index is 9.75. The highest BCUT2D eigenvalue weighted by atomic mass is 16.5. The van der Waals surface area contributed by atoms with Crippen LogP contribution in [-0.2, 0) is 17.7 Å². The minimum Gasteiger partial charge on any atom is -0.493 e. The van der Waals surface area contributed by atoms with Crippen molar-refractivity contribution in [3.05, 3.63) is 53.8 Å². The molecule has 166 valence electrons. The maximum Gasteiger partial charge on any atom is 0.204 e. The van der Waals surface area contributed by atoms with Gasteiger partial charge in [-0.2, -0.15) is 5.26 Å². The molecule has 0 saturated carbocycles. The van der Waals surface area contributed by atoms with E-state index >= 15 is 0 Å². The minimum absolute atomic E-state index is 0.394. The second-order valence-electron chi connectivity index (χ2n) is 7.67. The summed E-state index contributed by atoms with van der Waals surface area (Å²) in [5.74, 6) is 1.60. The predicted molar refractivity (Wildman–Crippen MR) is 123 cm³/mol. The summed E-state index contributed by atoms with van der Waals surface area (Å²) in [6.45, 7) is 3.90. The third-order valence-corrected chi connectivity index (χ3v) is 5.54. The smallest absolute Gasteiger partial charge is 0.204 e.